The van der Waals surface area contributed by atoms with Crippen LogP contribution >= 0.6 is 11.3 Å². The van der Waals surface area contributed by atoms with E-state index in [2.05, 4.69) is 39.6 Å². The zero-order valence-electron chi connectivity index (χ0n) is 21.8. The lowest BCUT2D eigenvalue weighted by atomic mass is 10.1. The summed E-state index contributed by atoms with van der Waals surface area (Å²) in [7, 11) is 0. The third-order valence-electron chi connectivity index (χ3n) is 6.61. The van der Waals surface area contributed by atoms with Gasteiger partial charge in [-0.25, -0.2) is 19.9 Å². The molecule has 0 aliphatic rings. The van der Waals surface area contributed by atoms with Crippen molar-refractivity contribution < 1.29 is 4.79 Å². The van der Waals surface area contributed by atoms with Crippen molar-refractivity contribution in [3.63, 3.8) is 0 Å². The maximum absolute atomic E-state index is 13.6. The molecule has 3 aromatic heterocycles. The lowest BCUT2D eigenvalue weighted by Gasteiger charge is -2.11. The number of aromatic nitrogens is 4. The number of thiazole rings is 1. The maximum atomic E-state index is 13.6. The smallest absolute Gasteiger partial charge is 0.274 e. The molecule has 6 nitrogen and oxygen atoms in total. The third-order valence-corrected chi connectivity index (χ3v) is 7.62. The van der Waals surface area contributed by atoms with Gasteiger partial charge in [0, 0.05) is 23.0 Å². The van der Waals surface area contributed by atoms with E-state index in [9.17, 15) is 4.79 Å². The highest BCUT2D eigenvalue weighted by molar-refractivity contribution is 7.21. The van der Waals surface area contributed by atoms with E-state index in [1.165, 1.54) is 16.9 Å². The van der Waals surface area contributed by atoms with Crippen molar-refractivity contribution in [2.24, 2.45) is 0 Å². The van der Waals surface area contributed by atoms with Crippen LogP contribution in [0.2, 0.25) is 0 Å². The number of carbonyl (C=O) groups is 1. The summed E-state index contributed by atoms with van der Waals surface area (Å²) in [6.07, 6.45) is 5.56. The van der Waals surface area contributed by atoms with E-state index >= 15 is 0 Å². The molecule has 0 radical (unpaired) electrons. The van der Waals surface area contributed by atoms with E-state index < -0.39 is 0 Å². The number of pyridine rings is 1. The van der Waals surface area contributed by atoms with Crippen LogP contribution in [0.25, 0.3) is 32.3 Å². The van der Waals surface area contributed by atoms with Gasteiger partial charge in [0.2, 0.25) is 0 Å². The Bertz CT molecular complexity index is 1720. The number of benzene rings is 3. The molecule has 0 saturated carbocycles. The number of amides is 1. The largest absolute Gasteiger partial charge is 0.320 e. The van der Waals surface area contributed by atoms with E-state index in [0.29, 0.717) is 17.2 Å². The summed E-state index contributed by atoms with van der Waals surface area (Å²) < 4.78 is 0. The summed E-state index contributed by atoms with van der Waals surface area (Å²) in [5, 5.41) is 3.88. The van der Waals surface area contributed by atoms with Crippen LogP contribution in [0.4, 0.5) is 5.69 Å². The Morgan fingerprint density at radius 3 is 2.33 bits per heavy atom. The van der Waals surface area contributed by atoms with Gasteiger partial charge in [-0.3, -0.25) is 4.79 Å². The first-order valence-electron chi connectivity index (χ1n) is 13.3. The zero-order valence-corrected chi connectivity index (χ0v) is 22.6. The fraction of sp³-hybridized carbons (Fsp3) is 0.121. The molecule has 1 amide bonds. The average molecular weight is 542 g/mol. The normalized spacial score (nSPS) is 11.0. The van der Waals surface area contributed by atoms with Crippen LogP contribution in [0, 0.1) is 0 Å². The van der Waals surface area contributed by atoms with Crippen molar-refractivity contribution in [3.05, 3.63) is 126 Å². The van der Waals surface area contributed by atoms with Gasteiger partial charge < -0.3 is 5.32 Å². The number of hydrogen-bond donors (Lipinski definition) is 1. The van der Waals surface area contributed by atoms with E-state index in [-0.39, 0.29) is 5.91 Å². The molecule has 6 rings (SSSR count). The van der Waals surface area contributed by atoms with Crippen molar-refractivity contribution in [1.82, 2.24) is 19.9 Å². The van der Waals surface area contributed by atoms with E-state index in [4.69, 9.17) is 9.97 Å². The lowest BCUT2D eigenvalue weighted by Crippen LogP contribution is -2.16. The number of para-hydroxylation sites is 1. The van der Waals surface area contributed by atoms with Gasteiger partial charge in [-0.1, -0.05) is 84.1 Å². The Morgan fingerprint density at radius 2 is 1.50 bits per heavy atom. The lowest BCUT2D eigenvalue weighted by molar-refractivity contribution is 0.102. The number of aryl methyl sites for hydroxylation is 2. The molecule has 0 atom stereocenters. The molecule has 0 unspecified atom stereocenters. The molecular formula is C33H27N5OS. The minimum absolute atomic E-state index is 0.281. The van der Waals surface area contributed by atoms with Crippen LogP contribution in [0.5, 0.6) is 0 Å². The van der Waals surface area contributed by atoms with E-state index in [1.54, 1.807) is 6.20 Å². The number of carbonyl (C=O) groups excluding carboxylic acids is 1. The minimum Gasteiger partial charge on any atom is -0.320 e. The number of anilines is 1. The predicted molar refractivity (Wildman–Crippen MR) is 161 cm³/mol. The van der Waals surface area contributed by atoms with Crippen LogP contribution in [-0.4, -0.2) is 25.8 Å². The van der Waals surface area contributed by atoms with Crippen LogP contribution in [-0.2, 0) is 12.8 Å². The van der Waals surface area contributed by atoms with Crippen LogP contribution < -0.4 is 5.32 Å². The summed E-state index contributed by atoms with van der Waals surface area (Å²) in [4.78, 5) is 33.1. The Balaban J connectivity index is 1.25. The Labute approximate surface area is 236 Å². The standard InChI is InChI=1S/C33H27N5OS/c39-31(37-27-19-10-9-18-26(27)32-38-28-20-11-21-34-33(28)40-32)29-22-25(17-8-7-14-23-12-3-1-4-13-23)35-30(36-29)24-15-5-2-6-16-24/h1-6,9-13,15-16,18-22H,7-8,14,17H2,(H,37,39). The molecule has 6 aromatic rings. The van der Waals surface area contributed by atoms with Crippen LogP contribution in [0.1, 0.15) is 34.6 Å². The highest BCUT2D eigenvalue weighted by atomic mass is 32.1. The summed E-state index contributed by atoms with van der Waals surface area (Å²) in [5.74, 6) is 0.272. The summed E-state index contributed by atoms with van der Waals surface area (Å²) in [6, 6.07) is 33.6. The Hall–Kier alpha value is -4.75. The van der Waals surface area contributed by atoms with Gasteiger partial charge >= 0.3 is 0 Å². The van der Waals surface area contributed by atoms with Gasteiger partial charge in [-0.05, 0) is 61.6 Å². The first-order valence-corrected chi connectivity index (χ1v) is 14.1. The summed E-state index contributed by atoms with van der Waals surface area (Å²) in [5.41, 5.74) is 5.77. The monoisotopic (exact) mass is 541 g/mol. The Kier molecular flexibility index (Phi) is 7.64. The SMILES string of the molecule is O=C(Nc1ccccc1-c1nc2cccnc2s1)c1cc(CCCCc2ccccc2)nc(-c2ccccc2)n1. The number of unbranched alkanes of at least 4 members (excludes halogenated alkanes) is 1. The Morgan fingerprint density at radius 1 is 0.750 bits per heavy atom. The van der Waals surface area contributed by atoms with E-state index in [0.717, 1.165) is 57.9 Å². The second-order valence-corrected chi connectivity index (χ2v) is 10.5. The molecule has 196 valence electrons. The molecule has 3 heterocycles. The predicted octanol–water partition coefficient (Wildman–Crippen LogP) is 7.63. The second-order valence-electron chi connectivity index (χ2n) is 9.47. The fourth-order valence-corrected chi connectivity index (χ4v) is 5.54. The topological polar surface area (TPSA) is 80.7 Å². The van der Waals surface area contributed by atoms with Gasteiger partial charge in [0.05, 0.1) is 5.69 Å². The molecule has 3 aromatic carbocycles. The quantitative estimate of drug-likeness (QED) is 0.190. The molecule has 0 fully saturated rings. The molecule has 0 spiro atoms. The maximum Gasteiger partial charge on any atom is 0.274 e. The molecule has 0 saturated heterocycles. The second kappa shape index (κ2) is 12.0. The van der Waals surface area contributed by atoms with Gasteiger partial charge in [-0.2, -0.15) is 0 Å². The average Bonchev–Trinajstić information content (AvgIpc) is 3.45. The number of nitrogens with one attached hydrogen (secondary N) is 1. The summed E-state index contributed by atoms with van der Waals surface area (Å²) >= 11 is 1.50. The molecule has 1 N–H and O–H groups in total. The minimum atomic E-state index is -0.281. The third kappa shape index (κ3) is 5.95. The van der Waals surface area contributed by atoms with Crippen LogP contribution in [0.15, 0.2) is 109 Å². The number of rotatable bonds is 9. The van der Waals surface area contributed by atoms with Crippen molar-refractivity contribution in [2.75, 3.05) is 5.32 Å². The first-order chi connectivity index (χ1) is 19.7. The van der Waals surface area contributed by atoms with Gasteiger partial charge in [-0.15, -0.1) is 0 Å². The molecule has 0 aliphatic heterocycles. The number of fused-ring (bicyclic) bond motifs is 1. The highest BCUT2D eigenvalue weighted by Crippen LogP contribution is 2.33. The number of nitrogens with zero attached hydrogens (tertiary/aromatic N) is 4. The van der Waals surface area contributed by atoms with Gasteiger partial charge in [0.25, 0.3) is 5.91 Å². The van der Waals surface area contributed by atoms with Crippen molar-refractivity contribution in [3.8, 4) is 22.0 Å². The number of hydrogen-bond acceptors (Lipinski definition) is 6. The van der Waals surface area contributed by atoms with Crippen molar-refractivity contribution in [1.29, 1.82) is 0 Å². The van der Waals surface area contributed by atoms with Crippen molar-refractivity contribution >= 4 is 33.3 Å². The summed E-state index contributed by atoms with van der Waals surface area (Å²) in [6.45, 7) is 0. The zero-order chi connectivity index (χ0) is 27.1. The van der Waals surface area contributed by atoms with Crippen molar-refractivity contribution in [2.45, 2.75) is 25.7 Å². The molecule has 0 bridgehead atoms. The van der Waals surface area contributed by atoms with Crippen LogP contribution in [0.3, 0.4) is 0 Å². The highest BCUT2D eigenvalue weighted by Gasteiger charge is 2.17. The molecule has 7 heteroatoms. The van der Waals surface area contributed by atoms with Gasteiger partial charge in [0.1, 0.15) is 21.0 Å². The fourth-order valence-electron chi connectivity index (χ4n) is 4.59. The van der Waals surface area contributed by atoms with Gasteiger partial charge in [0.15, 0.2) is 5.82 Å². The first kappa shape index (κ1) is 25.5. The van der Waals surface area contributed by atoms with E-state index in [1.807, 2.05) is 78.9 Å². The molecule has 0 aliphatic carbocycles. The molecule has 40 heavy (non-hydrogen) atoms. The molecular weight excluding hydrogens is 514 g/mol.